The molecule has 0 aromatic heterocycles. The van der Waals surface area contributed by atoms with Crippen molar-refractivity contribution in [1.29, 1.82) is 0 Å². The van der Waals surface area contributed by atoms with Gasteiger partial charge in [-0.05, 0) is 6.42 Å². The minimum atomic E-state index is -4.47. The van der Waals surface area contributed by atoms with Gasteiger partial charge in [-0.25, -0.2) is 0 Å². The molecule has 8 heteroatoms. The van der Waals surface area contributed by atoms with Gasteiger partial charge < -0.3 is 19.2 Å². The van der Waals surface area contributed by atoms with Gasteiger partial charge in [0.2, 0.25) is 0 Å². The summed E-state index contributed by atoms with van der Waals surface area (Å²) < 4.78 is 25.5. The standard InChI is InChI=1S/C4H12O6P2/c1-2-3-10-12(8,9)4-11(5,6)7/h2-4H2,1H3,(H,8,9)(H2,5,6,7). The monoisotopic (exact) mass is 218 g/mol. The highest BCUT2D eigenvalue weighted by atomic mass is 31.2. The summed E-state index contributed by atoms with van der Waals surface area (Å²) in [7, 11) is -8.56. The first-order valence-corrected chi connectivity index (χ1v) is 6.84. The molecule has 0 fully saturated rings. The highest BCUT2D eigenvalue weighted by molar-refractivity contribution is 7.70. The third kappa shape index (κ3) is 6.98. The van der Waals surface area contributed by atoms with Crippen molar-refractivity contribution in [2.75, 3.05) is 12.5 Å². The molecule has 3 N–H and O–H groups in total. The molecule has 0 heterocycles. The summed E-state index contributed by atoms with van der Waals surface area (Å²) in [5.41, 5.74) is 0. The Morgan fingerprint density at radius 2 is 1.75 bits per heavy atom. The molecule has 0 amide bonds. The molecule has 1 atom stereocenters. The average Bonchev–Trinajstić information content (AvgIpc) is 1.78. The van der Waals surface area contributed by atoms with E-state index in [9.17, 15) is 9.13 Å². The number of hydrogen-bond acceptors (Lipinski definition) is 3. The highest BCUT2D eigenvalue weighted by Gasteiger charge is 2.30. The van der Waals surface area contributed by atoms with E-state index >= 15 is 0 Å². The summed E-state index contributed by atoms with van der Waals surface area (Å²) in [6.07, 6.45) is 0.520. The van der Waals surface area contributed by atoms with Crippen LogP contribution >= 0.6 is 15.2 Å². The van der Waals surface area contributed by atoms with Crippen LogP contribution in [0.15, 0.2) is 0 Å². The van der Waals surface area contributed by atoms with Crippen molar-refractivity contribution in [3.63, 3.8) is 0 Å². The van der Waals surface area contributed by atoms with E-state index in [0.29, 0.717) is 6.42 Å². The van der Waals surface area contributed by atoms with Crippen LogP contribution < -0.4 is 0 Å². The maximum Gasteiger partial charge on any atom is 0.340 e. The van der Waals surface area contributed by atoms with Crippen LogP contribution in [-0.2, 0) is 13.7 Å². The van der Waals surface area contributed by atoms with Gasteiger partial charge in [0.1, 0.15) is 0 Å². The second-order valence-corrected chi connectivity index (χ2v) is 6.27. The Balaban J connectivity index is 4.05. The zero-order valence-electron chi connectivity index (χ0n) is 6.58. The third-order valence-corrected chi connectivity index (χ3v) is 4.35. The van der Waals surface area contributed by atoms with Gasteiger partial charge in [0.25, 0.3) is 0 Å². The average molecular weight is 218 g/mol. The van der Waals surface area contributed by atoms with E-state index in [0.717, 1.165) is 0 Å². The minimum absolute atomic E-state index is 0.0216. The molecule has 0 aliphatic heterocycles. The lowest BCUT2D eigenvalue weighted by molar-refractivity contribution is 0.261. The van der Waals surface area contributed by atoms with Gasteiger partial charge >= 0.3 is 15.2 Å². The van der Waals surface area contributed by atoms with Crippen molar-refractivity contribution < 1.29 is 28.3 Å². The first kappa shape index (κ1) is 12.3. The molecule has 0 spiro atoms. The Morgan fingerprint density at radius 3 is 2.08 bits per heavy atom. The van der Waals surface area contributed by atoms with E-state index < -0.39 is 21.1 Å². The SMILES string of the molecule is CCCOP(=O)(O)CP(=O)(O)O. The van der Waals surface area contributed by atoms with Crippen molar-refractivity contribution in [3.05, 3.63) is 0 Å². The van der Waals surface area contributed by atoms with Crippen LogP contribution in [0.3, 0.4) is 0 Å². The summed E-state index contributed by atoms with van der Waals surface area (Å²) in [6.45, 7) is 1.74. The first-order chi connectivity index (χ1) is 5.27. The smallest absolute Gasteiger partial charge is 0.324 e. The highest BCUT2D eigenvalue weighted by Crippen LogP contribution is 2.55. The topological polar surface area (TPSA) is 104 Å². The Morgan fingerprint density at radius 1 is 1.25 bits per heavy atom. The van der Waals surface area contributed by atoms with Crippen LogP contribution in [0.5, 0.6) is 0 Å². The van der Waals surface area contributed by atoms with Gasteiger partial charge in [-0.3, -0.25) is 9.13 Å². The van der Waals surface area contributed by atoms with E-state index in [1.165, 1.54) is 0 Å². The quantitative estimate of drug-likeness (QED) is 0.587. The van der Waals surface area contributed by atoms with Crippen LogP contribution in [-0.4, -0.2) is 27.2 Å². The van der Waals surface area contributed by atoms with Crippen molar-refractivity contribution >= 4 is 15.2 Å². The minimum Gasteiger partial charge on any atom is -0.324 e. The van der Waals surface area contributed by atoms with Crippen LogP contribution in [0.25, 0.3) is 0 Å². The second kappa shape index (κ2) is 4.51. The second-order valence-electron chi connectivity index (χ2n) is 2.28. The van der Waals surface area contributed by atoms with E-state index in [1.807, 2.05) is 0 Å². The number of rotatable bonds is 5. The first-order valence-electron chi connectivity index (χ1n) is 3.28. The predicted molar refractivity (Wildman–Crippen MR) is 43.0 cm³/mol. The van der Waals surface area contributed by atoms with Crippen molar-refractivity contribution in [3.8, 4) is 0 Å². The molecule has 0 bridgehead atoms. The fraction of sp³-hybridized carbons (Fsp3) is 1.00. The number of hydrogen-bond donors (Lipinski definition) is 3. The fourth-order valence-corrected chi connectivity index (χ4v) is 3.16. The van der Waals surface area contributed by atoms with Crippen LogP contribution in [0.2, 0.25) is 0 Å². The lowest BCUT2D eigenvalue weighted by atomic mass is 10.5. The molecule has 6 nitrogen and oxygen atoms in total. The summed E-state index contributed by atoms with van der Waals surface area (Å²) in [6, 6.07) is 0. The van der Waals surface area contributed by atoms with Gasteiger partial charge in [0.15, 0.2) is 5.90 Å². The van der Waals surface area contributed by atoms with Crippen molar-refractivity contribution in [2.45, 2.75) is 13.3 Å². The van der Waals surface area contributed by atoms with Gasteiger partial charge in [0.05, 0.1) is 6.61 Å². The predicted octanol–water partition coefficient (Wildman–Crippen LogP) is 0.734. The summed E-state index contributed by atoms with van der Waals surface area (Å²) in [4.78, 5) is 25.5. The largest absolute Gasteiger partial charge is 0.340 e. The molecule has 0 aliphatic rings. The van der Waals surface area contributed by atoms with Crippen LogP contribution in [0.4, 0.5) is 0 Å². The maximum absolute atomic E-state index is 10.8. The molecule has 0 saturated heterocycles. The molecule has 0 aromatic rings. The molecule has 74 valence electrons. The van der Waals surface area contributed by atoms with E-state index in [-0.39, 0.29) is 6.61 Å². The Kier molecular flexibility index (Phi) is 4.62. The molecule has 0 aliphatic carbocycles. The zero-order chi connectivity index (χ0) is 9.83. The molecular weight excluding hydrogens is 206 g/mol. The normalized spacial score (nSPS) is 17.3. The maximum atomic E-state index is 10.8. The van der Waals surface area contributed by atoms with Gasteiger partial charge in [-0.2, -0.15) is 0 Å². The van der Waals surface area contributed by atoms with Crippen LogP contribution in [0.1, 0.15) is 13.3 Å². The summed E-state index contributed by atoms with van der Waals surface area (Å²) >= 11 is 0. The molecule has 0 radical (unpaired) electrons. The van der Waals surface area contributed by atoms with Gasteiger partial charge in [-0.1, -0.05) is 6.92 Å². The van der Waals surface area contributed by atoms with E-state index in [4.69, 9.17) is 14.7 Å². The molecule has 0 rings (SSSR count). The molecule has 1 unspecified atom stereocenters. The van der Waals surface area contributed by atoms with Crippen molar-refractivity contribution in [1.82, 2.24) is 0 Å². The summed E-state index contributed by atoms with van der Waals surface area (Å²) in [5, 5.41) is 0. The van der Waals surface area contributed by atoms with Gasteiger partial charge in [-0.15, -0.1) is 0 Å². The Labute approximate surface area is 70.3 Å². The van der Waals surface area contributed by atoms with Gasteiger partial charge in [0, 0.05) is 0 Å². The molecule has 0 aromatic carbocycles. The molecule has 0 saturated carbocycles. The Bertz CT molecular complexity index is 220. The molecule has 12 heavy (non-hydrogen) atoms. The van der Waals surface area contributed by atoms with E-state index in [2.05, 4.69) is 4.52 Å². The van der Waals surface area contributed by atoms with Crippen LogP contribution in [0, 0.1) is 0 Å². The third-order valence-electron chi connectivity index (χ3n) is 0.860. The lowest BCUT2D eigenvalue weighted by Crippen LogP contribution is -1.96. The molecular formula is C4H12O6P2. The zero-order valence-corrected chi connectivity index (χ0v) is 8.37. The Hall–Kier alpha value is 0.300. The van der Waals surface area contributed by atoms with E-state index in [1.54, 1.807) is 6.92 Å². The fourth-order valence-electron chi connectivity index (χ4n) is 0.508. The summed E-state index contributed by atoms with van der Waals surface area (Å²) in [5.74, 6) is -1.11. The lowest BCUT2D eigenvalue weighted by Gasteiger charge is -2.11. The van der Waals surface area contributed by atoms with Crippen molar-refractivity contribution in [2.24, 2.45) is 0 Å².